The minimum Gasteiger partial charge on any atom is -0.361 e. The molecule has 1 N–H and O–H groups in total. The SMILES string of the molecule is CC(=O)N(Cc1cncnc1)[C@@H]1CCCN(Cc2cccc3[nH]ccc23)CC1. The van der Waals surface area contributed by atoms with Crippen LogP contribution in [0.3, 0.4) is 0 Å². The summed E-state index contributed by atoms with van der Waals surface area (Å²) in [6.07, 6.45) is 10.3. The summed E-state index contributed by atoms with van der Waals surface area (Å²) in [5.41, 5.74) is 3.54. The molecule has 0 bridgehead atoms. The van der Waals surface area contributed by atoms with Gasteiger partial charge in [0, 0.05) is 67.7 Å². The summed E-state index contributed by atoms with van der Waals surface area (Å²) in [6.45, 7) is 5.27. The van der Waals surface area contributed by atoms with E-state index in [0.29, 0.717) is 6.54 Å². The lowest BCUT2D eigenvalue weighted by Gasteiger charge is -2.30. The van der Waals surface area contributed by atoms with Gasteiger partial charge in [0.05, 0.1) is 0 Å². The molecule has 1 fully saturated rings. The van der Waals surface area contributed by atoms with Crippen molar-refractivity contribution < 1.29 is 4.79 Å². The molecule has 3 aromatic rings. The smallest absolute Gasteiger partial charge is 0.219 e. The predicted octanol–water partition coefficient (Wildman–Crippen LogP) is 3.36. The third-order valence-corrected chi connectivity index (χ3v) is 5.68. The third kappa shape index (κ3) is 4.22. The van der Waals surface area contributed by atoms with Gasteiger partial charge in [0.2, 0.25) is 5.91 Å². The molecule has 0 saturated carbocycles. The van der Waals surface area contributed by atoms with Gasteiger partial charge in [0.25, 0.3) is 0 Å². The Morgan fingerprint density at radius 2 is 2.07 bits per heavy atom. The standard InChI is InChI=1S/C22H27N5O/c1-17(28)27(14-18-12-23-16-24-13-18)20-5-3-10-26(11-8-20)15-19-4-2-6-22-21(19)7-9-25-22/h2,4,6-7,9,12-13,16,20,25H,3,5,8,10-11,14-15H2,1H3/t20-/m1/s1. The number of aromatic amines is 1. The van der Waals surface area contributed by atoms with Crippen LogP contribution in [0.25, 0.3) is 10.9 Å². The third-order valence-electron chi connectivity index (χ3n) is 5.68. The molecule has 3 heterocycles. The molecule has 28 heavy (non-hydrogen) atoms. The number of benzene rings is 1. The number of H-pyrrole nitrogens is 1. The Balaban J connectivity index is 1.42. The number of likely N-dealkylation sites (tertiary alicyclic amines) is 1. The second-order valence-electron chi connectivity index (χ2n) is 7.61. The van der Waals surface area contributed by atoms with E-state index < -0.39 is 0 Å². The zero-order chi connectivity index (χ0) is 19.3. The first-order valence-corrected chi connectivity index (χ1v) is 9.99. The number of fused-ring (bicyclic) bond motifs is 1. The molecular formula is C22H27N5O. The number of hydrogen-bond donors (Lipinski definition) is 1. The number of nitrogens with one attached hydrogen (secondary N) is 1. The van der Waals surface area contributed by atoms with Crippen molar-refractivity contribution >= 4 is 16.8 Å². The number of rotatable bonds is 5. The van der Waals surface area contributed by atoms with Crippen molar-refractivity contribution in [3.63, 3.8) is 0 Å². The second-order valence-corrected chi connectivity index (χ2v) is 7.61. The summed E-state index contributed by atoms with van der Waals surface area (Å²) < 4.78 is 0. The molecule has 1 aromatic carbocycles. The van der Waals surface area contributed by atoms with Gasteiger partial charge in [-0.3, -0.25) is 9.69 Å². The predicted molar refractivity (Wildman–Crippen MR) is 109 cm³/mol. The summed E-state index contributed by atoms with van der Waals surface area (Å²) >= 11 is 0. The van der Waals surface area contributed by atoms with E-state index in [0.717, 1.165) is 44.5 Å². The van der Waals surface area contributed by atoms with E-state index in [1.807, 2.05) is 11.1 Å². The van der Waals surface area contributed by atoms with Crippen molar-refractivity contribution in [2.75, 3.05) is 13.1 Å². The Kier molecular flexibility index (Phi) is 5.67. The van der Waals surface area contributed by atoms with Crippen molar-refractivity contribution in [3.05, 3.63) is 60.3 Å². The molecule has 0 spiro atoms. The summed E-state index contributed by atoms with van der Waals surface area (Å²) in [5.74, 6) is 0.124. The number of nitrogens with zero attached hydrogens (tertiary/aromatic N) is 4. The van der Waals surface area contributed by atoms with Gasteiger partial charge in [0.15, 0.2) is 0 Å². The van der Waals surface area contributed by atoms with Crippen LogP contribution in [0.1, 0.15) is 37.3 Å². The fraction of sp³-hybridized carbons (Fsp3) is 0.409. The maximum Gasteiger partial charge on any atom is 0.219 e. The zero-order valence-corrected chi connectivity index (χ0v) is 16.3. The van der Waals surface area contributed by atoms with Gasteiger partial charge in [0.1, 0.15) is 6.33 Å². The van der Waals surface area contributed by atoms with Gasteiger partial charge in [-0.05, 0) is 43.5 Å². The molecule has 1 atom stereocenters. The first kappa shape index (κ1) is 18.6. The molecule has 6 nitrogen and oxygen atoms in total. The minimum atomic E-state index is 0.124. The van der Waals surface area contributed by atoms with Crippen LogP contribution in [-0.4, -0.2) is 49.8 Å². The van der Waals surface area contributed by atoms with E-state index >= 15 is 0 Å². The van der Waals surface area contributed by atoms with Crippen molar-refractivity contribution in [2.24, 2.45) is 0 Å². The van der Waals surface area contributed by atoms with Crippen molar-refractivity contribution in [2.45, 2.75) is 45.3 Å². The Labute approximate surface area is 165 Å². The van der Waals surface area contributed by atoms with Crippen molar-refractivity contribution in [1.29, 1.82) is 0 Å². The van der Waals surface area contributed by atoms with Gasteiger partial charge in [-0.2, -0.15) is 0 Å². The first-order chi connectivity index (χ1) is 13.7. The van der Waals surface area contributed by atoms with Crippen LogP contribution in [-0.2, 0) is 17.9 Å². The Morgan fingerprint density at radius 1 is 1.21 bits per heavy atom. The van der Waals surface area contributed by atoms with E-state index in [9.17, 15) is 4.79 Å². The number of amides is 1. The molecule has 6 heteroatoms. The molecule has 4 rings (SSSR count). The highest BCUT2D eigenvalue weighted by Gasteiger charge is 2.25. The van der Waals surface area contributed by atoms with Crippen molar-refractivity contribution in [3.8, 4) is 0 Å². The lowest BCUT2D eigenvalue weighted by molar-refractivity contribution is -0.132. The van der Waals surface area contributed by atoms with Crippen LogP contribution in [0.5, 0.6) is 0 Å². The molecule has 1 aliphatic heterocycles. The molecule has 1 amide bonds. The van der Waals surface area contributed by atoms with E-state index in [1.165, 1.54) is 22.8 Å². The van der Waals surface area contributed by atoms with E-state index in [1.54, 1.807) is 19.3 Å². The molecule has 1 saturated heterocycles. The van der Waals surface area contributed by atoms with Gasteiger partial charge in [-0.25, -0.2) is 9.97 Å². The summed E-state index contributed by atoms with van der Waals surface area (Å²) in [4.78, 5) is 28.3. The second kappa shape index (κ2) is 8.52. The summed E-state index contributed by atoms with van der Waals surface area (Å²) in [6, 6.07) is 8.88. The van der Waals surface area contributed by atoms with Crippen LogP contribution in [0.15, 0.2) is 49.2 Å². The quantitative estimate of drug-likeness (QED) is 0.740. The molecular weight excluding hydrogens is 350 g/mol. The van der Waals surface area contributed by atoms with Crippen LogP contribution in [0.4, 0.5) is 0 Å². The average Bonchev–Trinajstić information content (AvgIpc) is 3.08. The van der Waals surface area contributed by atoms with Crippen LogP contribution < -0.4 is 0 Å². The van der Waals surface area contributed by atoms with Crippen LogP contribution in [0, 0.1) is 0 Å². The lowest BCUT2D eigenvalue weighted by Crippen LogP contribution is -2.39. The highest BCUT2D eigenvalue weighted by atomic mass is 16.2. The maximum absolute atomic E-state index is 12.3. The number of aromatic nitrogens is 3. The van der Waals surface area contributed by atoms with Crippen molar-refractivity contribution in [1.82, 2.24) is 24.8 Å². The van der Waals surface area contributed by atoms with Gasteiger partial charge in [-0.15, -0.1) is 0 Å². The molecule has 0 unspecified atom stereocenters. The van der Waals surface area contributed by atoms with Crippen LogP contribution >= 0.6 is 0 Å². The summed E-state index contributed by atoms with van der Waals surface area (Å²) in [5, 5.41) is 1.30. The molecule has 0 aliphatic carbocycles. The first-order valence-electron chi connectivity index (χ1n) is 9.99. The normalized spacial score (nSPS) is 18.1. The highest BCUT2D eigenvalue weighted by molar-refractivity contribution is 5.82. The fourth-order valence-electron chi connectivity index (χ4n) is 4.24. The topological polar surface area (TPSA) is 65.1 Å². The Bertz CT molecular complexity index is 923. The molecule has 1 aliphatic rings. The number of hydrogen-bond acceptors (Lipinski definition) is 4. The zero-order valence-electron chi connectivity index (χ0n) is 16.3. The van der Waals surface area contributed by atoms with E-state index in [-0.39, 0.29) is 11.9 Å². The summed E-state index contributed by atoms with van der Waals surface area (Å²) in [7, 11) is 0. The van der Waals surface area contributed by atoms with Crippen LogP contribution in [0.2, 0.25) is 0 Å². The lowest BCUT2D eigenvalue weighted by atomic mass is 10.1. The largest absolute Gasteiger partial charge is 0.361 e. The minimum absolute atomic E-state index is 0.124. The molecule has 2 aromatic heterocycles. The van der Waals surface area contributed by atoms with E-state index in [4.69, 9.17) is 0 Å². The average molecular weight is 377 g/mol. The Morgan fingerprint density at radius 3 is 2.89 bits per heavy atom. The Hall–Kier alpha value is -2.73. The number of carbonyl (C=O) groups is 1. The van der Waals surface area contributed by atoms with Gasteiger partial charge >= 0.3 is 0 Å². The van der Waals surface area contributed by atoms with Gasteiger partial charge in [-0.1, -0.05) is 12.1 Å². The van der Waals surface area contributed by atoms with E-state index in [2.05, 4.69) is 44.1 Å². The monoisotopic (exact) mass is 377 g/mol. The molecule has 146 valence electrons. The molecule has 0 radical (unpaired) electrons. The number of carbonyl (C=O) groups excluding carboxylic acids is 1. The fourth-order valence-corrected chi connectivity index (χ4v) is 4.24. The highest BCUT2D eigenvalue weighted by Crippen LogP contribution is 2.23. The van der Waals surface area contributed by atoms with Gasteiger partial charge < -0.3 is 9.88 Å². The maximum atomic E-state index is 12.3.